The lowest BCUT2D eigenvalue weighted by Crippen LogP contribution is -2.31. The molecule has 0 amide bonds. The first-order valence-corrected chi connectivity index (χ1v) is 12.5. The number of benzene rings is 2. The Morgan fingerprint density at radius 1 is 0.722 bits per heavy atom. The molecular weight excluding hydrogens is 460 g/mol. The van der Waals surface area contributed by atoms with Crippen LogP contribution in [0.4, 0.5) is 0 Å². The predicted molar refractivity (Wildman–Crippen MR) is 140 cm³/mol. The highest BCUT2D eigenvalue weighted by Crippen LogP contribution is 2.27. The molecule has 7 heteroatoms. The average Bonchev–Trinajstić information content (AvgIpc) is 2.94. The molecule has 0 atom stereocenters. The first kappa shape index (κ1) is 29.5. The van der Waals surface area contributed by atoms with Gasteiger partial charge in [0.1, 0.15) is 11.5 Å². The Bertz CT molecular complexity index is 911. The summed E-state index contributed by atoms with van der Waals surface area (Å²) in [6, 6.07) is 14.2. The number of ketones is 1. The molecule has 0 aliphatic heterocycles. The Labute approximate surface area is 214 Å². The minimum atomic E-state index is -0.536. The van der Waals surface area contributed by atoms with E-state index in [1.165, 1.54) is 6.08 Å². The van der Waals surface area contributed by atoms with Gasteiger partial charge in [0, 0.05) is 16.4 Å². The zero-order valence-corrected chi connectivity index (χ0v) is 21.4. The zero-order valence-electron chi connectivity index (χ0n) is 21.4. The third-order valence-corrected chi connectivity index (χ3v) is 7.09. The highest BCUT2D eigenvalue weighted by Gasteiger charge is 2.27. The van der Waals surface area contributed by atoms with Crippen LogP contribution in [-0.2, 0) is 0 Å². The highest BCUT2D eigenvalue weighted by molar-refractivity contribution is 6.06. The molecule has 0 aliphatic carbocycles. The number of aliphatic hydroxyl groups excluding tert-OH is 4. The van der Waals surface area contributed by atoms with E-state index in [2.05, 4.69) is 0 Å². The SMILES string of the molecule is CCC(CO)(CO)CCOc1ccc(/C=C/C(=O)c2ccc(OCCC(CC)(CO)CO)cc2)cc1. The molecular formula is C29H40O7. The van der Waals surface area contributed by atoms with Gasteiger partial charge in [-0.05, 0) is 73.7 Å². The summed E-state index contributed by atoms with van der Waals surface area (Å²) >= 11 is 0. The van der Waals surface area contributed by atoms with Crippen molar-refractivity contribution in [2.75, 3.05) is 39.6 Å². The lowest BCUT2D eigenvalue weighted by atomic mass is 9.84. The van der Waals surface area contributed by atoms with Crippen LogP contribution in [0.15, 0.2) is 54.6 Å². The van der Waals surface area contributed by atoms with Crippen molar-refractivity contribution in [2.45, 2.75) is 39.5 Å². The number of carbonyl (C=O) groups is 1. The molecule has 0 saturated carbocycles. The monoisotopic (exact) mass is 500 g/mol. The Kier molecular flexibility index (Phi) is 12.1. The molecule has 0 unspecified atom stereocenters. The molecule has 36 heavy (non-hydrogen) atoms. The molecule has 0 aliphatic rings. The fourth-order valence-corrected chi connectivity index (χ4v) is 3.65. The topological polar surface area (TPSA) is 116 Å². The fourth-order valence-electron chi connectivity index (χ4n) is 3.65. The molecule has 198 valence electrons. The van der Waals surface area contributed by atoms with Gasteiger partial charge in [0.25, 0.3) is 0 Å². The lowest BCUT2D eigenvalue weighted by Gasteiger charge is -2.28. The van der Waals surface area contributed by atoms with Gasteiger partial charge in [0.05, 0.1) is 39.6 Å². The summed E-state index contributed by atoms with van der Waals surface area (Å²) in [5.41, 5.74) is 0.343. The van der Waals surface area contributed by atoms with E-state index >= 15 is 0 Å². The molecule has 0 bridgehead atoms. The Morgan fingerprint density at radius 2 is 1.14 bits per heavy atom. The predicted octanol–water partition coefficient (Wildman–Crippen LogP) is 3.88. The van der Waals surface area contributed by atoms with E-state index < -0.39 is 10.8 Å². The van der Waals surface area contributed by atoms with E-state index in [0.29, 0.717) is 56.0 Å². The molecule has 0 fully saturated rings. The summed E-state index contributed by atoms with van der Waals surface area (Å²) < 4.78 is 11.5. The molecule has 0 radical (unpaired) electrons. The van der Waals surface area contributed by atoms with Crippen molar-refractivity contribution in [2.24, 2.45) is 10.8 Å². The summed E-state index contributed by atoms with van der Waals surface area (Å²) in [5, 5.41) is 38.1. The van der Waals surface area contributed by atoms with Crippen molar-refractivity contribution in [1.82, 2.24) is 0 Å². The highest BCUT2D eigenvalue weighted by atomic mass is 16.5. The number of allylic oxidation sites excluding steroid dienone is 1. The van der Waals surface area contributed by atoms with Crippen molar-refractivity contribution >= 4 is 11.9 Å². The van der Waals surface area contributed by atoms with E-state index in [9.17, 15) is 25.2 Å². The van der Waals surface area contributed by atoms with E-state index in [1.807, 2.05) is 38.1 Å². The Balaban J connectivity index is 1.85. The van der Waals surface area contributed by atoms with Crippen molar-refractivity contribution in [3.05, 3.63) is 65.7 Å². The second-order valence-electron chi connectivity index (χ2n) is 9.33. The summed E-state index contributed by atoms with van der Waals surface area (Å²) in [5.74, 6) is 1.18. The fraction of sp³-hybridized carbons (Fsp3) is 0.483. The number of hydrogen-bond donors (Lipinski definition) is 4. The van der Waals surface area contributed by atoms with Gasteiger partial charge >= 0.3 is 0 Å². The molecule has 0 heterocycles. The molecule has 7 nitrogen and oxygen atoms in total. The molecule has 0 aromatic heterocycles. The van der Waals surface area contributed by atoms with Gasteiger partial charge in [-0.15, -0.1) is 0 Å². The first-order valence-electron chi connectivity index (χ1n) is 12.5. The van der Waals surface area contributed by atoms with Crippen LogP contribution in [-0.4, -0.2) is 65.9 Å². The molecule has 2 aromatic carbocycles. The van der Waals surface area contributed by atoms with Crippen LogP contribution in [0, 0.1) is 10.8 Å². The van der Waals surface area contributed by atoms with Gasteiger partial charge in [-0.25, -0.2) is 0 Å². The van der Waals surface area contributed by atoms with Crippen LogP contribution in [0.5, 0.6) is 11.5 Å². The van der Waals surface area contributed by atoms with Gasteiger partial charge in [-0.1, -0.05) is 32.1 Å². The van der Waals surface area contributed by atoms with Crippen LogP contribution in [0.1, 0.15) is 55.5 Å². The quantitative estimate of drug-likeness (QED) is 0.192. The molecule has 2 aromatic rings. The van der Waals surface area contributed by atoms with Crippen LogP contribution in [0.3, 0.4) is 0 Å². The summed E-state index contributed by atoms with van der Waals surface area (Å²) in [6.07, 6.45) is 5.68. The van der Waals surface area contributed by atoms with E-state index in [0.717, 1.165) is 5.56 Å². The van der Waals surface area contributed by atoms with Gasteiger partial charge in [0.2, 0.25) is 0 Å². The molecule has 4 N–H and O–H groups in total. The third-order valence-electron chi connectivity index (χ3n) is 7.09. The maximum absolute atomic E-state index is 12.5. The molecule has 2 rings (SSSR count). The van der Waals surface area contributed by atoms with Crippen LogP contribution < -0.4 is 9.47 Å². The second-order valence-corrected chi connectivity index (χ2v) is 9.33. The van der Waals surface area contributed by atoms with Gasteiger partial charge in [-0.2, -0.15) is 0 Å². The summed E-state index contributed by atoms with van der Waals surface area (Å²) in [4.78, 5) is 12.5. The Morgan fingerprint density at radius 3 is 1.53 bits per heavy atom. The van der Waals surface area contributed by atoms with E-state index in [-0.39, 0.29) is 32.2 Å². The smallest absolute Gasteiger partial charge is 0.185 e. The number of ether oxygens (including phenoxy) is 2. The van der Waals surface area contributed by atoms with Gasteiger partial charge in [0.15, 0.2) is 5.78 Å². The largest absolute Gasteiger partial charge is 0.494 e. The van der Waals surface area contributed by atoms with E-state index in [4.69, 9.17) is 9.47 Å². The van der Waals surface area contributed by atoms with E-state index in [1.54, 1.807) is 30.3 Å². The average molecular weight is 501 g/mol. The molecule has 0 spiro atoms. The second kappa shape index (κ2) is 14.8. The maximum atomic E-state index is 12.5. The first-order chi connectivity index (χ1) is 17.4. The third kappa shape index (κ3) is 8.45. The van der Waals surface area contributed by atoms with Crippen molar-refractivity contribution in [3.8, 4) is 11.5 Å². The standard InChI is InChI=1S/C29H40O7/c1-3-28(19-30,20-31)15-17-35-25-10-5-23(6-11-25)7-14-27(34)24-8-12-26(13-9-24)36-18-16-29(4-2,21-32)22-33/h5-14,30-33H,3-4,15-22H2,1-2H3/b14-7+. The normalized spacial score (nSPS) is 12.2. The van der Waals surface area contributed by atoms with Crippen LogP contribution in [0.2, 0.25) is 0 Å². The Hall–Kier alpha value is -2.71. The summed E-state index contributed by atoms with van der Waals surface area (Å²) in [6.45, 7) is 4.29. The zero-order chi connectivity index (χ0) is 26.4. The van der Waals surface area contributed by atoms with Crippen molar-refractivity contribution < 1.29 is 34.7 Å². The summed E-state index contributed by atoms with van der Waals surface area (Å²) in [7, 11) is 0. The van der Waals surface area contributed by atoms with Crippen LogP contribution >= 0.6 is 0 Å². The number of aliphatic hydroxyl groups is 4. The number of carbonyl (C=O) groups excluding carboxylic acids is 1. The molecule has 0 saturated heterocycles. The minimum Gasteiger partial charge on any atom is -0.494 e. The maximum Gasteiger partial charge on any atom is 0.185 e. The number of hydrogen-bond acceptors (Lipinski definition) is 7. The number of rotatable bonds is 17. The van der Waals surface area contributed by atoms with Gasteiger partial charge < -0.3 is 29.9 Å². The van der Waals surface area contributed by atoms with Crippen molar-refractivity contribution in [1.29, 1.82) is 0 Å². The minimum absolute atomic E-state index is 0.0777. The van der Waals surface area contributed by atoms with Gasteiger partial charge in [-0.3, -0.25) is 4.79 Å². The van der Waals surface area contributed by atoms with Crippen LogP contribution in [0.25, 0.3) is 6.08 Å². The van der Waals surface area contributed by atoms with Crippen molar-refractivity contribution in [3.63, 3.8) is 0 Å². The lowest BCUT2D eigenvalue weighted by molar-refractivity contribution is 0.0324.